The number of rotatable bonds is 6. The first-order chi connectivity index (χ1) is 14.2. The Kier molecular flexibility index (Phi) is 7.19. The fraction of sp³-hybridized carbons (Fsp3) is 0.773. The van der Waals surface area contributed by atoms with E-state index in [9.17, 15) is 9.59 Å². The minimum Gasteiger partial charge on any atom is -0.328 e. The van der Waals surface area contributed by atoms with Gasteiger partial charge in [0.05, 0.1) is 6.54 Å². The molecule has 1 aliphatic heterocycles. The molecular formula is C22H34N4O2S. The summed E-state index contributed by atoms with van der Waals surface area (Å²) in [6.07, 6.45) is 14.9. The molecule has 0 bridgehead atoms. The van der Waals surface area contributed by atoms with E-state index in [-0.39, 0.29) is 17.9 Å². The predicted molar refractivity (Wildman–Crippen MR) is 116 cm³/mol. The number of hydrogen-bond donors (Lipinski definition) is 1. The number of carbonyl (C=O) groups is 2. The van der Waals surface area contributed by atoms with E-state index in [1.807, 2.05) is 10.3 Å². The summed E-state index contributed by atoms with van der Waals surface area (Å²) in [5, 5.41) is 5.45. The Hall–Kier alpha value is -1.47. The van der Waals surface area contributed by atoms with Crippen LogP contribution in [0.4, 0.5) is 5.13 Å². The van der Waals surface area contributed by atoms with Crippen molar-refractivity contribution in [2.45, 2.75) is 82.7 Å². The van der Waals surface area contributed by atoms with Crippen molar-refractivity contribution >= 4 is 28.3 Å². The molecule has 160 valence electrons. The van der Waals surface area contributed by atoms with E-state index in [2.05, 4.69) is 15.2 Å². The van der Waals surface area contributed by atoms with Gasteiger partial charge in [-0.15, -0.1) is 11.3 Å². The zero-order valence-corrected chi connectivity index (χ0v) is 18.2. The van der Waals surface area contributed by atoms with Crippen molar-refractivity contribution in [2.24, 2.45) is 5.92 Å². The molecule has 1 saturated heterocycles. The Bertz CT molecular complexity index is 668. The molecule has 2 aliphatic carbocycles. The van der Waals surface area contributed by atoms with Crippen molar-refractivity contribution in [1.29, 1.82) is 0 Å². The Morgan fingerprint density at radius 2 is 1.83 bits per heavy atom. The summed E-state index contributed by atoms with van der Waals surface area (Å²) in [6, 6.07) is 0.179. The van der Waals surface area contributed by atoms with E-state index in [0.717, 1.165) is 13.0 Å². The molecule has 1 atom stereocenters. The van der Waals surface area contributed by atoms with E-state index >= 15 is 0 Å². The first-order valence-corrected chi connectivity index (χ1v) is 12.3. The maximum atomic E-state index is 13.2. The van der Waals surface area contributed by atoms with E-state index in [1.54, 1.807) is 6.20 Å². The summed E-state index contributed by atoms with van der Waals surface area (Å²) in [5.74, 6) is 0.599. The maximum absolute atomic E-state index is 13.2. The number of anilines is 1. The van der Waals surface area contributed by atoms with Crippen LogP contribution < -0.4 is 5.32 Å². The van der Waals surface area contributed by atoms with Crippen LogP contribution in [0.2, 0.25) is 0 Å². The minimum atomic E-state index is -0.372. The van der Waals surface area contributed by atoms with Gasteiger partial charge in [-0.3, -0.25) is 14.5 Å². The molecule has 1 aromatic heterocycles. The molecule has 6 nitrogen and oxygen atoms in total. The van der Waals surface area contributed by atoms with Crippen molar-refractivity contribution in [2.75, 3.05) is 25.0 Å². The standard InChI is InChI=1S/C22H34N4O2S/c27-20-16-25(18-9-5-2-6-10-18)12-13-26(20)19(15-17-7-3-1-4-8-17)21(28)24-22-23-11-14-29-22/h11,14,17-19H,1-10,12-13,15-16H2,(H,23,24,28)/t19-/m0/s1. The lowest BCUT2D eigenvalue weighted by Crippen LogP contribution is -2.59. The number of piperazine rings is 1. The third kappa shape index (κ3) is 5.37. The Balaban J connectivity index is 1.43. The van der Waals surface area contributed by atoms with Crippen LogP contribution in [0, 0.1) is 5.92 Å². The van der Waals surface area contributed by atoms with Crippen LogP contribution in [0.1, 0.15) is 70.6 Å². The summed E-state index contributed by atoms with van der Waals surface area (Å²) in [7, 11) is 0. The third-order valence-electron chi connectivity index (χ3n) is 7.00. The van der Waals surface area contributed by atoms with Gasteiger partial charge in [0.25, 0.3) is 0 Å². The molecule has 2 saturated carbocycles. The zero-order valence-electron chi connectivity index (χ0n) is 17.4. The van der Waals surface area contributed by atoms with Crippen LogP contribution in [-0.4, -0.2) is 58.3 Å². The second-order valence-corrected chi connectivity index (χ2v) is 9.83. The summed E-state index contributed by atoms with van der Waals surface area (Å²) in [6.45, 7) is 2.02. The van der Waals surface area contributed by atoms with Crippen LogP contribution in [0.5, 0.6) is 0 Å². The summed E-state index contributed by atoms with van der Waals surface area (Å²) in [4.78, 5) is 34.7. The van der Waals surface area contributed by atoms with Crippen molar-refractivity contribution in [1.82, 2.24) is 14.8 Å². The smallest absolute Gasteiger partial charge is 0.248 e. The van der Waals surface area contributed by atoms with Gasteiger partial charge in [-0.2, -0.15) is 0 Å². The van der Waals surface area contributed by atoms with E-state index in [0.29, 0.717) is 30.2 Å². The summed E-state index contributed by atoms with van der Waals surface area (Å²) in [5.41, 5.74) is 0. The lowest BCUT2D eigenvalue weighted by molar-refractivity contribution is -0.145. The van der Waals surface area contributed by atoms with Gasteiger partial charge in [0.15, 0.2) is 5.13 Å². The van der Waals surface area contributed by atoms with E-state index in [4.69, 9.17) is 0 Å². The molecule has 1 N–H and O–H groups in total. The fourth-order valence-corrected chi connectivity index (χ4v) is 5.91. The molecule has 7 heteroatoms. The Morgan fingerprint density at radius 1 is 1.10 bits per heavy atom. The van der Waals surface area contributed by atoms with Gasteiger partial charge >= 0.3 is 0 Å². The second kappa shape index (κ2) is 10.0. The number of aromatic nitrogens is 1. The highest BCUT2D eigenvalue weighted by Gasteiger charge is 2.37. The largest absolute Gasteiger partial charge is 0.328 e. The van der Waals surface area contributed by atoms with Gasteiger partial charge in [0, 0.05) is 30.7 Å². The minimum absolute atomic E-state index is 0.0648. The lowest BCUT2D eigenvalue weighted by Gasteiger charge is -2.43. The molecule has 2 amide bonds. The van der Waals surface area contributed by atoms with Crippen LogP contribution in [0.3, 0.4) is 0 Å². The monoisotopic (exact) mass is 418 g/mol. The highest BCUT2D eigenvalue weighted by atomic mass is 32.1. The van der Waals surface area contributed by atoms with Crippen LogP contribution in [-0.2, 0) is 9.59 Å². The quantitative estimate of drug-likeness (QED) is 0.761. The van der Waals surface area contributed by atoms with Gasteiger partial charge in [0.1, 0.15) is 6.04 Å². The number of hydrogen-bond acceptors (Lipinski definition) is 5. The highest BCUT2D eigenvalue weighted by Crippen LogP contribution is 2.30. The molecule has 3 fully saturated rings. The molecule has 29 heavy (non-hydrogen) atoms. The Labute approximate surface area is 178 Å². The average Bonchev–Trinajstić information content (AvgIpc) is 3.26. The van der Waals surface area contributed by atoms with Gasteiger partial charge < -0.3 is 10.2 Å². The molecule has 4 rings (SSSR count). The van der Waals surface area contributed by atoms with Crippen LogP contribution in [0.15, 0.2) is 11.6 Å². The summed E-state index contributed by atoms with van der Waals surface area (Å²) < 4.78 is 0. The van der Waals surface area contributed by atoms with E-state index in [1.165, 1.54) is 75.5 Å². The lowest BCUT2D eigenvalue weighted by atomic mass is 9.84. The van der Waals surface area contributed by atoms with Gasteiger partial charge in [-0.05, 0) is 25.2 Å². The van der Waals surface area contributed by atoms with Crippen molar-refractivity contribution < 1.29 is 9.59 Å². The SMILES string of the molecule is O=C(Nc1nccs1)[C@H](CC1CCCCC1)N1CCN(C2CCCCC2)CC1=O. The van der Waals surface area contributed by atoms with Crippen LogP contribution >= 0.6 is 11.3 Å². The Morgan fingerprint density at radius 3 is 2.48 bits per heavy atom. The third-order valence-corrected chi connectivity index (χ3v) is 7.69. The number of nitrogens with one attached hydrogen (secondary N) is 1. The molecular weight excluding hydrogens is 384 g/mol. The van der Waals surface area contributed by atoms with Crippen molar-refractivity contribution in [3.8, 4) is 0 Å². The number of nitrogens with zero attached hydrogens (tertiary/aromatic N) is 3. The molecule has 0 spiro atoms. The predicted octanol–water partition coefficient (Wildman–Crippen LogP) is 3.90. The molecule has 2 heterocycles. The van der Waals surface area contributed by atoms with Gasteiger partial charge in [-0.25, -0.2) is 4.98 Å². The average molecular weight is 419 g/mol. The highest BCUT2D eigenvalue weighted by molar-refractivity contribution is 7.13. The van der Waals surface area contributed by atoms with E-state index < -0.39 is 0 Å². The normalized spacial score (nSPS) is 23.9. The van der Waals surface area contributed by atoms with Gasteiger partial charge in [0.2, 0.25) is 11.8 Å². The molecule has 0 unspecified atom stereocenters. The van der Waals surface area contributed by atoms with Crippen LogP contribution in [0.25, 0.3) is 0 Å². The maximum Gasteiger partial charge on any atom is 0.248 e. The molecule has 1 aromatic rings. The zero-order chi connectivity index (χ0) is 20.1. The van der Waals surface area contributed by atoms with Crippen molar-refractivity contribution in [3.05, 3.63) is 11.6 Å². The number of thiazole rings is 1. The fourth-order valence-electron chi connectivity index (χ4n) is 5.38. The first kappa shape index (κ1) is 20.8. The molecule has 0 radical (unpaired) electrons. The molecule has 3 aliphatic rings. The summed E-state index contributed by atoms with van der Waals surface area (Å²) >= 11 is 1.43. The topological polar surface area (TPSA) is 65.5 Å². The first-order valence-electron chi connectivity index (χ1n) is 11.4. The number of carbonyl (C=O) groups excluding carboxylic acids is 2. The molecule has 0 aromatic carbocycles. The second-order valence-electron chi connectivity index (χ2n) is 8.93. The van der Waals surface area contributed by atoms with Gasteiger partial charge in [-0.1, -0.05) is 51.4 Å². The van der Waals surface area contributed by atoms with Crippen molar-refractivity contribution in [3.63, 3.8) is 0 Å². The number of amides is 2.